The SMILES string of the molecule is CN(C)C(=O)c1ccccc1O. The maximum atomic E-state index is 11.3. The van der Waals surface area contributed by atoms with Crippen molar-refractivity contribution in [1.82, 2.24) is 4.90 Å². The Labute approximate surface area is 71.2 Å². The third kappa shape index (κ3) is 1.56. The Kier molecular flexibility index (Phi) is 2.33. The second-order valence-electron chi connectivity index (χ2n) is 2.72. The lowest BCUT2D eigenvalue weighted by Crippen LogP contribution is -2.21. The minimum atomic E-state index is -0.187. The van der Waals surface area contributed by atoms with Gasteiger partial charge in [-0.15, -0.1) is 0 Å². The van der Waals surface area contributed by atoms with Crippen LogP contribution in [-0.4, -0.2) is 30.0 Å². The summed E-state index contributed by atoms with van der Waals surface area (Å²) in [5.41, 5.74) is 0.336. The minimum absolute atomic E-state index is 0.0243. The Balaban J connectivity index is 3.03. The Morgan fingerprint density at radius 2 is 1.92 bits per heavy atom. The van der Waals surface area contributed by atoms with Crippen molar-refractivity contribution in [2.45, 2.75) is 0 Å². The van der Waals surface area contributed by atoms with Gasteiger partial charge in [0.2, 0.25) is 0 Å². The van der Waals surface area contributed by atoms with E-state index in [1.54, 1.807) is 32.3 Å². The van der Waals surface area contributed by atoms with Crippen LogP contribution in [0.5, 0.6) is 5.75 Å². The highest BCUT2D eigenvalue weighted by atomic mass is 16.3. The van der Waals surface area contributed by atoms with Gasteiger partial charge in [-0.2, -0.15) is 0 Å². The van der Waals surface area contributed by atoms with Gasteiger partial charge >= 0.3 is 0 Å². The fourth-order valence-corrected chi connectivity index (χ4v) is 0.895. The van der Waals surface area contributed by atoms with Crippen molar-refractivity contribution in [2.75, 3.05) is 14.1 Å². The van der Waals surface area contributed by atoms with Gasteiger partial charge in [0, 0.05) is 14.1 Å². The van der Waals surface area contributed by atoms with Crippen molar-refractivity contribution in [3.63, 3.8) is 0 Å². The van der Waals surface area contributed by atoms with Crippen LogP contribution in [0.15, 0.2) is 24.3 Å². The Hall–Kier alpha value is -1.51. The Morgan fingerprint density at radius 1 is 1.33 bits per heavy atom. The van der Waals surface area contributed by atoms with Gasteiger partial charge in [0.05, 0.1) is 5.56 Å². The predicted octanol–water partition coefficient (Wildman–Crippen LogP) is 1.09. The first kappa shape index (κ1) is 8.59. The highest BCUT2D eigenvalue weighted by Gasteiger charge is 2.10. The highest BCUT2D eigenvalue weighted by Crippen LogP contribution is 2.16. The van der Waals surface area contributed by atoms with E-state index in [2.05, 4.69) is 0 Å². The molecule has 0 unspecified atom stereocenters. The number of aromatic hydroxyl groups is 1. The number of benzene rings is 1. The summed E-state index contributed by atoms with van der Waals surface area (Å²) in [5, 5.41) is 9.28. The third-order valence-electron chi connectivity index (χ3n) is 1.54. The quantitative estimate of drug-likeness (QED) is 0.676. The first-order valence-electron chi connectivity index (χ1n) is 3.62. The van der Waals surface area contributed by atoms with E-state index in [4.69, 9.17) is 0 Å². The maximum absolute atomic E-state index is 11.3. The largest absolute Gasteiger partial charge is 0.507 e. The summed E-state index contributed by atoms with van der Waals surface area (Å²) in [6, 6.07) is 6.49. The second kappa shape index (κ2) is 3.26. The van der Waals surface area contributed by atoms with Gasteiger partial charge in [-0.3, -0.25) is 4.79 Å². The lowest BCUT2D eigenvalue weighted by Gasteiger charge is -2.10. The molecule has 0 atom stereocenters. The zero-order chi connectivity index (χ0) is 9.14. The molecule has 0 heterocycles. The fraction of sp³-hybridized carbons (Fsp3) is 0.222. The van der Waals surface area contributed by atoms with Gasteiger partial charge in [0.25, 0.3) is 5.91 Å². The van der Waals surface area contributed by atoms with Crippen molar-refractivity contribution in [1.29, 1.82) is 0 Å². The van der Waals surface area contributed by atoms with Crippen LogP contribution in [0.25, 0.3) is 0 Å². The molecule has 0 aliphatic carbocycles. The van der Waals surface area contributed by atoms with Crippen LogP contribution in [0.1, 0.15) is 10.4 Å². The average molecular weight is 165 g/mol. The van der Waals surface area contributed by atoms with E-state index < -0.39 is 0 Å². The van der Waals surface area contributed by atoms with Gasteiger partial charge in [-0.25, -0.2) is 0 Å². The van der Waals surface area contributed by atoms with Gasteiger partial charge in [0.1, 0.15) is 5.75 Å². The number of hydrogen-bond acceptors (Lipinski definition) is 2. The minimum Gasteiger partial charge on any atom is -0.507 e. The predicted molar refractivity (Wildman–Crippen MR) is 46.1 cm³/mol. The topological polar surface area (TPSA) is 40.5 Å². The molecule has 1 N–H and O–H groups in total. The molecule has 0 saturated carbocycles. The standard InChI is InChI=1S/C9H11NO2/c1-10(2)9(12)7-5-3-4-6-8(7)11/h3-6,11H,1-2H3. The number of nitrogens with zero attached hydrogens (tertiary/aromatic N) is 1. The third-order valence-corrected chi connectivity index (χ3v) is 1.54. The van der Waals surface area contributed by atoms with E-state index in [0.29, 0.717) is 5.56 Å². The smallest absolute Gasteiger partial charge is 0.257 e. The van der Waals surface area contributed by atoms with Gasteiger partial charge in [-0.1, -0.05) is 12.1 Å². The number of para-hydroxylation sites is 1. The molecule has 3 heteroatoms. The number of amides is 1. The molecule has 64 valence electrons. The Bertz CT molecular complexity index is 294. The fourth-order valence-electron chi connectivity index (χ4n) is 0.895. The number of phenols is 1. The van der Waals surface area contributed by atoms with E-state index in [1.807, 2.05) is 0 Å². The van der Waals surface area contributed by atoms with Crippen LogP contribution in [0.3, 0.4) is 0 Å². The first-order valence-corrected chi connectivity index (χ1v) is 3.62. The summed E-state index contributed by atoms with van der Waals surface area (Å²) in [7, 11) is 3.30. The maximum Gasteiger partial charge on any atom is 0.257 e. The van der Waals surface area contributed by atoms with Crippen LogP contribution < -0.4 is 0 Å². The van der Waals surface area contributed by atoms with E-state index in [0.717, 1.165) is 0 Å². The summed E-state index contributed by atoms with van der Waals surface area (Å²) in [4.78, 5) is 12.8. The van der Waals surface area contributed by atoms with Gasteiger partial charge < -0.3 is 10.0 Å². The molecular formula is C9H11NO2. The van der Waals surface area contributed by atoms with Crippen molar-refractivity contribution >= 4 is 5.91 Å². The van der Waals surface area contributed by atoms with Crippen LogP contribution in [0.4, 0.5) is 0 Å². The van der Waals surface area contributed by atoms with E-state index in [1.165, 1.54) is 11.0 Å². The molecule has 1 amide bonds. The molecule has 0 aliphatic heterocycles. The zero-order valence-electron chi connectivity index (χ0n) is 7.11. The van der Waals surface area contributed by atoms with Gasteiger partial charge in [0.15, 0.2) is 0 Å². The van der Waals surface area contributed by atoms with E-state index in [9.17, 15) is 9.90 Å². The van der Waals surface area contributed by atoms with Crippen molar-refractivity contribution in [3.8, 4) is 5.75 Å². The second-order valence-corrected chi connectivity index (χ2v) is 2.72. The van der Waals surface area contributed by atoms with E-state index >= 15 is 0 Å². The van der Waals surface area contributed by atoms with Crippen LogP contribution in [0.2, 0.25) is 0 Å². The molecule has 12 heavy (non-hydrogen) atoms. The number of carbonyl (C=O) groups excluding carboxylic acids is 1. The summed E-state index contributed by atoms with van der Waals surface area (Å²) >= 11 is 0. The molecule has 0 spiro atoms. The van der Waals surface area contributed by atoms with Crippen LogP contribution >= 0.6 is 0 Å². The number of carbonyl (C=O) groups is 1. The molecule has 0 aliphatic rings. The molecule has 0 radical (unpaired) electrons. The summed E-state index contributed by atoms with van der Waals surface area (Å²) in [6.07, 6.45) is 0. The number of rotatable bonds is 1. The molecule has 0 saturated heterocycles. The highest BCUT2D eigenvalue weighted by molar-refractivity contribution is 5.96. The molecular weight excluding hydrogens is 154 g/mol. The molecule has 1 aromatic rings. The summed E-state index contributed by atoms with van der Waals surface area (Å²) in [5.74, 6) is -0.163. The van der Waals surface area contributed by atoms with E-state index in [-0.39, 0.29) is 11.7 Å². The number of hydrogen-bond donors (Lipinski definition) is 1. The molecule has 1 aromatic carbocycles. The first-order chi connectivity index (χ1) is 5.63. The number of phenolic OH excluding ortho intramolecular Hbond substituents is 1. The molecule has 0 aromatic heterocycles. The van der Waals surface area contributed by atoms with Crippen LogP contribution in [-0.2, 0) is 0 Å². The summed E-state index contributed by atoms with van der Waals surface area (Å²) in [6.45, 7) is 0. The van der Waals surface area contributed by atoms with Crippen LogP contribution in [0, 0.1) is 0 Å². The normalized spacial score (nSPS) is 9.50. The van der Waals surface area contributed by atoms with Crippen molar-refractivity contribution < 1.29 is 9.90 Å². The molecule has 0 bridgehead atoms. The van der Waals surface area contributed by atoms with Crippen molar-refractivity contribution in [2.24, 2.45) is 0 Å². The zero-order valence-corrected chi connectivity index (χ0v) is 7.11. The molecule has 1 rings (SSSR count). The lowest BCUT2D eigenvalue weighted by atomic mass is 10.2. The average Bonchev–Trinajstić information content (AvgIpc) is 2.04. The van der Waals surface area contributed by atoms with Crippen molar-refractivity contribution in [3.05, 3.63) is 29.8 Å². The van der Waals surface area contributed by atoms with Gasteiger partial charge in [-0.05, 0) is 12.1 Å². The molecule has 3 nitrogen and oxygen atoms in total. The monoisotopic (exact) mass is 165 g/mol. The Morgan fingerprint density at radius 3 is 2.42 bits per heavy atom. The summed E-state index contributed by atoms with van der Waals surface area (Å²) < 4.78 is 0. The lowest BCUT2D eigenvalue weighted by molar-refractivity contribution is 0.0824. The molecule has 0 fully saturated rings.